The average Bonchev–Trinajstić information content (AvgIpc) is 3.21. The molecule has 0 saturated carbocycles. The maximum absolute atomic E-state index is 5.37. The Morgan fingerprint density at radius 3 is 3.00 bits per heavy atom. The van der Waals surface area contributed by atoms with Crippen LogP contribution in [0.1, 0.15) is 18.5 Å². The van der Waals surface area contributed by atoms with Gasteiger partial charge in [-0.25, -0.2) is 4.98 Å². The van der Waals surface area contributed by atoms with E-state index in [2.05, 4.69) is 43.0 Å². The Labute approximate surface area is 171 Å². The molecule has 2 heterocycles. The first kappa shape index (κ1) is 20.3. The van der Waals surface area contributed by atoms with Crippen LogP contribution in [0.5, 0.6) is 5.75 Å². The number of guanidine groups is 1. The summed E-state index contributed by atoms with van der Waals surface area (Å²) < 4.78 is 5.37. The van der Waals surface area contributed by atoms with E-state index in [9.17, 15) is 0 Å². The summed E-state index contributed by atoms with van der Waals surface area (Å²) in [6.07, 6.45) is 2.27. The average molecular weight is 403 g/mol. The molecule has 8 heteroatoms. The van der Waals surface area contributed by atoms with Gasteiger partial charge in [0.25, 0.3) is 0 Å². The molecule has 0 aliphatic carbocycles. The van der Waals surface area contributed by atoms with Crippen LogP contribution in [0.15, 0.2) is 34.6 Å². The van der Waals surface area contributed by atoms with E-state index in [-0.39, 0.29) is 0 Å². The molecule has 7 nitrogen and oxygen atoms in total. The third-order valence-corrected chi connectivity index (χ3v) is 5.82. The summed E-state index contributed by atoms with van der Waals surface area (Å²) in [5.41, 5.74) is 2.23. The fourth-order valence-electron chi connectivity index (χ4n) is 3.28. The van der Waals surface area contributed by atoms with Gasteiger partial charge in [-0.15, -0.1) is 11.3 Å². The normalized spacial score (nSPS) is 17.4. The fraction of sp³-hybridized carbons (Fsp3) is 0.500. The predicted octanol–water partition coefficient (Wildman–Crippen LogP) is 2.55. The fourth-order valence-corrected chi connectivity index (χ4v) is 4.04. The summed E-state index contributed by atoms with van der Waals surface area (Å²) in [5, 5.41) is 10.0. The van der Waals surface area contributed by atoms with Crippen molar-refractivity contribution in [1.82, 2.24) is 15.6 Å². The molecule has 1 atom stereocenters. The van der Waals surface area contributed by atoms with Gasteiger partial charge in [-0.3, -0.25) is 4.99 Å². The van der Waals surface area contributed by atoms with Gasteiger partial charge in [-0.2, -0.15) is 0 Å². The lowest BCUT2D eigenvalue weighted by molar-refractivity contribution is 0.414. The Morgan fingerprint density at radius 2 is 2.29 bits per heavy atom. The first-order valence-electron chi connectivity index (χ1n) is 9.57. The molecule has 1 aliphatic rings. The zero-order valence-electron chi connectivity index (χ0n) is 17.1. The van der Waals surface area contributed by atoms with Gasteiger partial charge in [0, 0.05) is 57.4 Å². The molecule has 2 aromatic rings. The molecule has 1 saturated heterocycles. The van der Waals surface area contributed by atoms with Crippen molar-refractivity contribution in [3.63, 3.8) is 0 Å². The van der Waals surface area contributed by atoms with Gasteiger partial charge in [0.05, 0.1) is 19.3 Å². The lowest BCUT2D eigenvalue weighted by Gasteiger charge is -2.35. The van der Waals surface area contributed by atoms with E-state index in [0.29, 0.717) is 12.6 Å². The predicted molar refractivity (Wildman–Crippen MR) is 118 cm³/mol. The highest BCUT2D eigenvalue weighted by molar-refractivity contribution is 7.13. The van der Waals surface area contributed by atoms with Crippen molar-refractivity contribution in [3.8, 4) is 5.75 Å². The highest BCUT2D eigenvalue weighted by Gasteiger charge is 2.21. The quantitative estimate of drug-likeness (QED) is 0.572. The number of benzene rings is 1. The molecular weight excluding hydrogens is 372 g/mol. The number of aromatic nitrogens is 1. The zero-order chi connectivity index (χ0) is 19.9. The van der Waals surface area contributed by atoms with E-state index in [1.54, 1.807) is 18.4 Å². The van der Waals surface area contributed by atoms with Crippen molar-refractivity contribution < 1.29 is 4.74 Å². The number of nitrogens with zero attached hydrogens (tertiary/aromatic N) is 4. The van der Waals surface area contributed by atoms with Gasteiger partial charge in [0.2, 0.25) is 0 Å². The number of thiazole rings is 1. The molecule has 1 unspecified atom stereocenters. The minimum absolute atomic E-state index is 0.346. The second-order valence-electron chi connectivity index (χ2n) is 7.07. The third-order valence-electron chi connectivity index (χ3n) is 4.76. The largest absolute Gasteiger partial charge is 0.497 e. The van der Waals surface area contributed by atoms with Crippen LogP contribution >= 0.6 is 11.3 Å². The molecule has 3 rings (SSSR count). The summed E-state index contributed by atoms with van der Waals surface area (Å²) in [7, 11) is 7.53. The second-order valence-corrected chi connectivity index (χ2v) is 7.91. The van der Waals surface area contributed by atoms with Gasteiger partial charge in [0.1, 0.15) is 5.75 Å². The Morgan fingerprint density at radius 1 is 1.43 bits per heavy atom. The van der Waals surface area contributed by atoms with Crippen molar-refractivity contribution in [1.29, 1.82) is 0 Å². The van der Waals surface area contributed by atoms with E-state index < -0.39 is 0 Å². The Hall–Kier alpha value is -2.48. The molecule has 152 valence electrons. The first-order chi connectivity index (χ1) is 13.6. The topological polar surface area (TPSA) is 65.0 Å². The van der Waals surface area contributed by atoms with Gasteiger partial charge < -0.3 is 25.2 Å². The molecule has 28 heavy (non-hydrogen) atoms. The smallest absolute Gasteiger partial charge is 0.191 e. The summed E-state index contributed by atoms with van der Waals surface area (Å²) in [4.78, 5) is 13.4. The van der Waals surface area contributed by atoms with Crippen LogP contribution in [0, 0.1) is 0 Å². The number of ether oxygens (including phenoxy) is 1. The number of aliphatic imine (C=N–C) groups is 1. The maximum atomic E-state index is 5.37. The summed E-state index contributed by atoms with van der Waals surface area (Å²) >= 11 is 1.65. The van der Waals surface area contributed by atoms with Gasteiger partial charge >= 0.3 is 0 Å². The minimum atomic E-state index is 0.346. The van der Waals surface area contributed by atoms with Crippen LogP contribution in [0.2, 0.25) is 0 Å². The van der Waals surface area contributed by atoms with Gasteiger partial charge in [0.15, 0.2) is 11.1 Å². The first-order valence-corrected chi connectivity index (χ1v) is 10.4. The van der Waals surface area contributed by atoms with Gasteiger partial charge in [-0.1, -0.05) is 6.07 Å². The molecule has 0 amide bonds. The van der Waals surface area contributed by atoms with Crippen molar-refractivity contribution in [3.05, 3.63) is 35.3 Å². The van der Waals surface area contributed by atoms with Gasteiger partial charge in [-0.05, 0) is 25.0 Å². The van der Waals surface area contributed by atoms with Crippen molar-refractivity contribution >= 4 is 28.1 Å². The lowest BCUT2D eigenvalue weighted by atomic mass is 10.0. The molecular formula is C20H30N6OS. The monoisotopic (exact) mass is 402 g/mol. The van der Waals surface area contributed by atoms with E-state index >= 15 is 0 Å². The number of piperidine rings is 1. The molecule has 0 spiro atoms. The van der Waals surface area contributed by atoms with Crippen LogP contribution in [-0.2, 0) is 6.54 Å². The van der Waals surface area contributed by atoms with E-state index in [0.717, 1.165) is 48.5 Å². The number of anilines is 2. The van der Waals surface area contributed by atoms with Crippen molar-refractivity contribution in [2.24, 2.45) is 4.99 Å². The molecule has 1 aromatic carbocycles. The summed E-state index contributed by atoms with van der Waals surface area (Å²) in [6.45, 7) is 2.66. The Balaban J connectivity index is 1.55. The SMILES string of the molecule is CN=C(NCc1csc(N(C)C)n1)NC1CCCN(c2cccc(OC)c2)C1. The van der Waals surface area contributed by atoms with Crippen LogP contribution in [0.3, 0.4) is 0 Å². The number of methoxy groups -OCH3 is 1. The van der Waals surface area contributed by atoms with E-state index in [1.165, 1.54) is 5.69 Å². The van der Waals surface area contributed by atoms with Crippen molar-refractivity contribution in [2.45, 2.75) is 25.4 Å². The molecule has 1 aromatic heterocycles. The summed E-state index contributed by atoms with van der Waals surface area (Å²) in [6, 6.07) is 8.61. The standard InChI is InChI=1S/C20H30N6OS/c1-21-19(22-12-16-14-28-20(24-16)25(2)3)23-15-7-6-10-26(13-15)17-8-5-9-18(11-17)27-4/h5,8-9,11,14-15H,6-7,10,12-13H2,1-4H3,(H2,21,22,23). The van der Waals surface area contributed by atoms with Crippen LogP contribution in [0.4, 0.5) is 10.8 Å². The molecule has 0 bridgehead atoms. The number of nitrogens with one attached hydrogen (secondary N) is 2. The van der Waals surface area contributed by atoms with E-state index in [4.69, 9.17) is 4.74 Å². The van der Waals surface area contributed by atoms with E-state index in [1.807, 2.05) is 38.2 Å². The highest BCUT2D eigenvalue weighted by atomic mass is 32.1. The molecule has 1 aliphatic heterocycles. The lowest BCUT2D eigenvalue weighted by Crippen LogP contribution is -2.51. The molecule has 2 N–H and O–H groups in total. The minimum Gasteiger partial charge on any atom is -0.497 e. The van der Waals surface area contributed by atoms with Crippen molar-refractivity contribution in [2.75, 3.05) is 51.1 Å². The number of rotatable bonds is 6. The molecule has 1 fully saturated rings. The Kier molecular flexibility index (Phi) is 6.97. The number of hydrogen-bond acceptors (Lipinski definition) is 6. The van der Waals surface area contributed by atoms with Crippen LogP contribution in [0.25, 0.3) is 0 Å². The highest BCUT2D eigenvalue weighted by Crippen LogP contribution is 2.24. The Bertz CT molecular complexity index is 791. The second kappa shape index (κ2) is 9.64. The maximum Gasteiger partial charge on any atom is 0.191 e. The zero-order valence-corrected chi connectivity index (χ0v) is 17.9. The summed E-state index contributed by atoms with van der Waals surface area (Å²) in [5.74, 6) is 1.71. The van der Waals surface area contributed by atoms with Crippen LogP contribution in [-0.4, -0.2) is 58.3 Å². The third kappa shape index (κ3) is 5.28. The number of hydrogen-bond donors (Lipinski definition) is 2. The molecule has 0 radical (unpaired) electrons. The van der Waals surface area contributed by atoms with Crippen LogP contribution < -0.4 is 25.2 Å².